The van der Waals surface area contributed by atoms with Gasteiger partial charge in [-0.3, -0.25) is 0 Å². The van der Waals surface area contributed by atoms with Crippen LogP contribution in [0.5, 0.6) is 0 Å². The predicted molar refractivity (Wildman–Crippen MR) is 78.4 cm³/mol. The third kappa shape index (κ3) is 2.04. The molecule has 0 saturated heterocycles. The van der Waals surface area contributed by atoms with Crippen molar-refractivity contribution in [1.82, 2.24) is 4.98 Å². The highest BCUT2D eigenvalue weighted by Gasteiger charge is 2.18. The number of aromatic nitrogens is 1. The fourth-order valence-electron chi connectivity index (χ4n) is 2.22. The Morgan fingerprint density at radius 2 is 1.89 bits per heavy atom. The Morgan fingerprint density at radius 3 is 2.63 bits per heavy atom. The van der Waals surface area contributed by atoms with Gasteiger partial charge in [0.2, 0.25) is 0 Å². The Labute approximate surface area is 118 Å². The third-order valence-electron chi connectivity index (χ3n) is 3.03. The van der Waals surface area contributed by atoms with Crippen molar-refractivity contribution < 1.29 is 9.90 Å². The van der Waals surface area contributed by atoms with E-state index >= 15 is 0 Å². The Bertz CT molecular complexity index is 777. The van der Waals surface area contributed by atoms with E-state index in [0.29, 0.717) is 11.3 Å². The zero-order chi connectivity index (χ0) is 13.4. The molecule has 0 amide bonds. The van der Waals surface area contributed by atoms with E-state index in [1.54, 1.807) is 0 Å². The van der Waals surface area contributed by atoms with Gasteiger partial charge in [-0.15, -0.1) is 0 Å². The summed E-state index contributed by atoms with van der Waals surface area (Å²) in [5.41, 5.74) is 2.63. The molecule has 1 heterocycles. The molecule has 2 aromatic carbocycles. The van der Waals surface area contributed by atoms with Crippen molar-refractivity contribution in [2.24, 2.45) is 0 Å². The summed E-state index contributed by atoms with van der Waals surface area (Å²) in [5.74, 6) is -0.924. The zero-order valence-electron chi connectivity index (χ0n) is 9.85. The predicted octanol–water partition coefficient (Wildman–Crippen LogP) is 4.30. The lowest BCUT2D eigenvalue weighted by Crippen LogP contribution is -1.97. The lowest BCUT2D eigenvalue weighted by molar-refractivity contribution is 0.0700. The largest absolute Gasteiger partial charge is 0.478 e. The zero-order valence-corrected chi connectivity index (χ0v) is 11.4. The van der Waals surface area contributed by atoms with Crippen LogP contribution < -0.4 is 0 Å². The molecule has 0 aliphatic rings. The smallest absolute Gasteiger partial charge is 0.338 e. The number of hydrogen-bond acceptors (Lipinski definition) is 1. The van der Waals surface area contributed by atoms with E-state index in [-0.39, 0.29) is 0 Å². The first-order valence-corrected chi connectivity index (χ1v) is 6.56. The molecule has 0 atom stereocenters. The van der Waals surface area contributed by atoms with Crippen LogP contribution in [0.4, 0.5) is 0 Å². The van der Waals surface area contributed by atoms with Gasteiger partial charge in [-0.2, -0.15) is 0 Å². The number of halogens is 1. The average Bonchev–Trinajstić information content (AvgIpc) is 2.78. The molecule has 94 valence electrons. The summed E-state index contributed by atoms with van der Waals surface area (Å²) in [4.78, 5) is 14.7. The van der Waals surface area contributed by atoms with E-state index in [4.69, 9.17) is 0 Å². The van der Waals surface area contributed by atoms with Crippen molar-refractivity contribution in [2.75, 3.05) is 0 Å². The first kappa shape index (κ1) is 12.0. The maximum atomic E-state index is 11.5. The van der Waals surface area contributed by atoms with Gasteiger partial charge in [-0.05, 0) is 23.8 Å². The summed E-state index contributed by atoms with van der Waals surface area (Å²) in [6.07, 6.45) is 0. The Balaban J connectivity index is 2.34. The van der Waals surface area contributed by atoms with Gasteiger partial charge in [0.1, 0.15) is 0 Å². The quantitative estimate of drug-likeness (QED) is 0.741. The van der Waals surface area contributed by atoms with Crippen LogP contribution in [0.3, 0.4) is 0 Å². The fourth-order valence-corrected chi connectivity index (χ4v) is 2.62. The van der Waals surface area contributed by atoms with Crippen molar-refractivity contribution in [3.63, 3.8) is 0 Å². The molecule has 3 aromatic rings. The number of carboxylic acids is 1. The highest BCUT2D eigenvalue weighted by Crippen LogP contribution is 2.31. The number of fused-ring (bicyclic) bond motifs is 1. The summed E-state index contributed by atoms with van der Waals surface area (Å²) in [5, 5.41) is 10.2. The van der Waals surface area contributed by atoms with E-state index in [0.717, 1.165) is 20.9 Å². The van der Waals surface area contributed by atoms with E-state index in [9.17, 15) is 9.90 Å². The number of aromatic amines is 1. The summed E-state index contributed by atoms with van der Waals surface area (Å²) < 4.78 is 0.917. The molecule has 0 aliphatic carbocycles. The molecule has 0 aliphatic heterocycles. The van der Waals surface area contributed by atoms with Crippen LogP contribution in [0.15, 0.2) is 53.0 Å². The maximum Gasteiger partial charge on any atom is 0.338 e. The molecular formula is C15H10BrNO2. The van der Waals surface area contributed by atoms with Gasteiger partial charge in [0.25, 0.3) is 0 Å². The van der Waals surface area contributed by atoms with Gasteiger partial charge >= 0.3 is 5.97 Å². The second kappa shape index (κ2) is 4.55. The van der Waals surface area contributed by atoms with Crippen molar-refractivity contribution >= 4 is 32.8 Å². The number of aromatic carboxylic acids is 1. The normalized spacial score (nSPS) is 10.8. The molecule has 3 rings (SSSR count). The summed E-state index contributed by atoms with van der Waals surface area (Å²) in [6, 6.07) is 15.0. The fraction of sp³-hybridized carbons (Fsp3) is 0. The Hall–Kier alpha value is -2.07. The van der Waals surface area contributed by atoms with Crippen molar-refractivity contribution in [1.29, 1.82) is 0 Å². The minimum atomic E-state index is -0.924. The molecule has 0 unspecified atom stereocenters. The summed E-state index contributed by atoms with van der Waals surface area (Å²) >= 11 is 3.40. The van der Waals surface area contributed by atoms with Crippen LogP contribution in [0.2, 0.25) is 0 Å². The van der Waals surface area contributed by atoms with Crippen LogP contribution in [0.25, 0.3) is 22.2 Å². The van der Waals surface area contributed by atoms with Gasteiger partial charge in [0.15, 0.2) is 0 Å². The van der Waals surface area contributed by atoms with Crippen molar-refractivity contribution in [3.8, 4) is 11.3 Å². The van der Waals surface area contributed by atoms with Gasteiger partial charge in [0.05, 0.1) is 11.3 Å². The Kier molecular flexibility index (Phi) is 2.87. The van der Waals surface area contributed by atoms with Crippen LogP contribution in [0, 0.1) is 0 Å². The number of para-hydroxylation sites is 1. The third-order valence-corrected chi connectivity index (χ3v) is 3.53. The van der Waals surface area contributed by atoms with E-state index in [1.165, 1.54) is 0 Å². The Morgan fingerprint density at radius 1 is 1.11 bits per heavy atom. The molecule has 0 fully saturated rings. The molecule has 1 aromatic heterocycles. The molecule has 0 radical (unpaired) electrons. The molecule has 0 bridgehead atoms. The summed E-state index contributed by atoms with van der Waals surface area (Å²) in [6.45, 7) is 0. The number of H-pyrrole nitrogens is 1. The first-order chi connectivity index (χ1) is 9.16. The molecule has 3 nitrogen and oxygen atoms in total. The molecule has 4 heteroatoms. The van der Waals surface area contributed by atoms with Crippen molar-refractivity contribution in [2.45, 2.75) is 0 Å². The average molecular weight is 316 g/mol. The topological polar surface area (TPSA) is 53.1 Å². The minimum absolute atomic E-state index is 0.314. The maximum absolute atomic E-state index is 11.5. The van der Waals surface area contributed by atoms with Crippen LogP contribution >= 0.6 is 15.9 Å². The SMILES string of the molecule is O=C(O)c1c(-c2cccc(Br)c2)[nH]c2ccccc12. The van der Waals surface area contributed by atoms with Gasteiger partial charge < -0.3 is 10.1 Å². The minimum Gasteiger partial charge on any atom is -0.478 e. The standard InChI is InChI=1S/C15H10BrNO2/c16-10-5-3-4-9(8-10)14-13(15(18)19)11-6-1-2-7-12(11)17-14/h1-8,17H,(H,18,19). The van der Waals surface area contributed by atoms with Gasteiger partial charge in [0, 0.05) is 15.4 Å². The van der Waals surface area contributed by atoms with Crippen molar-refractivity contribution in [3.05, 3.63) is 58.6 Å². The lowest BCUT2D eigenvalue weighted by Gasteiger charge is -2.01. The first-order valence-electron chi connectivity index (χ1n) is 5.77. The molecular weight excluding hydrogens is 306 g/mol. The van der Waals surface area contributed by atoms with E-state index in [1.807, 2.05) is 48.5 Å². The molecule has 2 N–H and O–H groups in total. The number of hydrogen-bond donors (Lipinski definition) is 2. The van der Waals surface area contributed by atoms with Crippen LogP contribution in [0.1, 0.15) is 10.4 Å². The molecule has 0 spiro atoms. The van der Waals surface area contributed by atoms with E-state index in [2.05, 4.69) is 20.9 Å². The number of nitrogens with one attached hydrogen (secondary N) is 1. The highest BCUT2D eigenvalue weighted by atomic mass is 79.9. The highest BCUT2D eigenvalue weighted by molar-refractivity contribution is 9.10. The second-order valence-corrected chi connectivity index (χ2v) is 5.15. The number of rotatable bonds is 2. The monoisotopic (exact) mass is 315 g/mol. The lowest BCUT2D eigenvalue weighted by atomic mass is 10.1. The molecule has 0 saturated carbocycles. The van der Waals surface area contributed by atoms with Gasteiger partial charge in [-0.25, -0.2) is 4.79 Å². The van der Waals surface area contributed by atoms with Crippen LogP contribution in [-0.4, -0.2) is 16.1 Å². The summed E-state index contributed by atoms with van der Waals surface area (Å²) in [7, 11) is 0. The van der Waals surface area contributed by atoms with Gasteiger partial charge in [-0.1, -0.05) is 46.3 Å². The van der Waals surface area contributed by atoms with Crippen LogP contribution in [-0.2, 0) is 0 Å². The van der Waals surface area contributed by atoms with E-state index < -0.39 is 5.97 Å². The number of carbonyl (C=O) groups is 1. The molecule has 19 heavy (non-hydrogen) atoms. The second-order valence-electron chi connectivity index (χ2n) is 4.24. The number of benzene rings is 2. The number of carboxylic acid groups (broad SMARTS) is 1.